The van der Waals surface area contributed by atoms with Gasteiger partial charge in [0.25, 0.3) is 11.7 Å². The number of aromatic nitrogens is 4. The van der Waals surface area contributed by atoms with E-state index in [0.29, 0.717) is 0 Å². The Labute approximate surface area is 133 Å². The topological polar surface area (TPSA) is 81.4 Å². The number of carbonyl (C=O) groups is 1. The molecule has 1 N–H and O–H groups in total. The number of hydrogen-bond donors (Lipinski definition) is 1. The van der Waals surface area contributed by atoms with E-state index in [0.717, 1.165) is 17.8 Å². The maximum Gasteiger partial charge on any atom is 0.573 e. The molecular formula is C14H10F3N5O2. The van der Waals surface area contributed by atoms with Crippen LogP contribution in [0.5, 0.6) is 5.75 Å². The number of rotatable bonds is 3. The van der Waals surface area contributed by atoms with Crippen LogP contribution in [0.15, 0.2) is 36.5 Å². The van der Waals surface area contributed by atoms with Gasteiger partial charge in [-0.15, -0.1) is 18.3 Å². The van der Waals surface area contributed by atoms with Crippen molar-refractivity contribution in [2.75, 3.05) is 5.32 Å². The van der Waals surface area contributed by atoms with Crippen LogP contribution in [0, 0.1) is 6.92 Å². The minimum atomic E-state index is -4.81. The highest BCUT2D eigenvalue weighted by molar-refractivity contribution is 6.01. The number of benzene rings is 1. The molecule has 0 saturated heterocycles. The summed E-state index contributed by atoms with van der Waals surface area (Å²) in [6, 6.07) is 6.60. The molecule has 0 fully saturated rings. The molecule has 2 heterocycles. The summed E-state index contributed by atoms with van der Waals surface area (Å²) in [6.07, 6.45) is -3.28. The van der Waals surface area contributed by atoms with Gasteiger partial charge >= 0.3 is 6.36 Å². The zero-order chi connectivity index (χ0) is 17.3. The third-order valence-corrected chi connectivity index (χ3v) is 2.96. The molecule has 0 atom stereocenters. The Hall–Kier alpha value is -3.17. The van der Waals surface area contributed by atoms with Gasteiger partial charge in [0.15, 0.2) is 0 Å². The van der Waals surface area contributed by atoms with Crippen LogP contribution >= 0.6 is 0 Å². The van der Waals surface area contributed by atoms with E-state index in [9.17, 15) is 18.0 Å². The Morgan fingerprint density at radius 3 is 2.79 bits per heavy atom. The van der Waals surface area contributed by atoms with Crippen molar-refractivity contribution in [2.45, 2.75) is 13.3 Å². The number of halogens is 3. The summed E-state index contributed by atoms with van der Waals surface area (Å²) in [6.45, 7) is 1.77. The van der Waals surface area contributed by atoms with Crippen molar-refractivity contribution < 1.29 is 22.7 Å². The predicted molar refractivity (Wildman–Crippen MR) is 76.6 cm³/mol. The lowest BCUT2D eigenvalue weighted by Crippen LogP contribution is -2.18. The first-order valence-corrected chi connectivity index (χ1v) is 6.67. The molecule has 0 spiro atoms. The van der Waals surface area contributed by atoms with Crippen LogP contribution < -0.4 is 10.1 Å². The second-order valence-corrected chi connectivity index (χ2v) is 4.76. The Bertz CT molecular complexity index is 907. The minimum absolute atomic E-state index is 0.116. The molecule has 10 heteroatoms. The smallest absolute Gasteiger partial charge is 0.406 e. The van der Waals surface area contributed by atoms with Crippen LogP contribution in [0.3, 0.4) is 0 Å². The van der Waals surface area contributed by atoms with Gasteiger partial charge in [0.05, 0.1) is 0 Å². The number of aryl methyl sites for hydroxylation is 1. The van der Waals surface area contributed by atoms with Crippen molar-refractivity contribution in [2.24, 2.45) is 0 Å². The second-order valence-electron chi connectivity index (χ2n) is 4.76. The summed E-state index contributed by atoms with van der Waals surface area (Å²) in [7, 11) is 0. The molecule has 0 radical (unpaired) electrons. The minimum Gasteiger partial charge on any atom is -0.406 e. The summed E-state index contributed by atoms with van der Waals surface area (Å²) in [5, 5.41) is 6.42. The van der Waals surface area contributed by atoms with Crippen LogP contribution in [-0.4, -0.2) is 31.9 Å². The number of amides is 1. The van der Waals surface area contributed by atoms with E-state index in [4.69, 9.17) is 0 Å². The van der Waals surface area contributed by atoms with Gasteiger partial charge in [-0.25, -0.2) is 9.50 Å². The molecule has 0 bridgehead atoms. The van der Waals surface area contributed by atoms with Crippen molar-refractivity contribution in [3.63, 3.8) is 0 Å². The Balaban J connectivity index is 1.81. The average molecular weight is 337 g/mol. The van der Waals surface area contributed by atoms with Crippen molar-refractivity contribution in [3.05, 3.63) is 48.0 Å². The molecule has 0 saturated carbocycles. The van der Waals surface area contributed by atoms with Gasteiger partial charge in [0.1, 0.15) is 5.75 Å². The molecule has 3 aromatic rings. The molecule has 1 aromatic carbocycles. The molecule has 124 valence electrons. The standard InChI is InChI=1S/C14H10F3N5O2/c1-8-5-6-18-13-20-11(21-22(8)13)12(23)19-9-3-2-4-10(7-9)24-14(15,16)17/h2-7H,1H3,(H,19,23). The van der Waals surface area contributed by atoms with Crippen molar-refractivity contribution in [3.8, 4) is 5.75 Å². The van der Waals surface area contributed by atoms with Gasteiger partial charge in [-0.1, -0.05) is 6.07 Å². The molecular weight excluding hydrogens is 327 g/mol. The summed E-state index contributed by atoms with van der Waals surface area (Å²) in [4.78, 5) is 20.1. The van der Waals surface area contributed by atoms with Crippen molar-refractivity contribution in [1.82, 2.24) is 19.6 Å². The fourth-order valence-electron chi connectivity index (χ4n) is 1.96. The molecule has 0 aliphatic heterocycles. The maximum atomic E-state index is 12.2. The highest BCUT2D eigenvalue weighted by atomic mass is 19.4. The lowest BCUT2D eigenvalue weighted by atomic mass is 10.3. The van der Waals surface area contributed by atoms with Gasteiger partial charge < -0.3 is 10.1 Å². The summed E-state index contributed by atoms with van der Waals surface area (Å²) >= 11 is 0. The number of nitrogens with zero attached hydrogens (tertiary/aromatic N) is 4. The second kappa shape index (κ2) is 5.80. The Morgan fingerprint density at radius 1 is 1.29 bits per heavy atom. The molecule has 7 nitrogen and oxygen atoms in total. The first-order chi connectivity index (χ1) is 11.3. The van der Waals surface area contributed by atoms with Crippen molar-refractivity contribution >= 4 is 17.4 Å². The fraction of sp³-hybridized carbons (Fsp3) is 0.143. The van der Waals surface area contributed by atoms with E-state index in [1.165, 1.54) is 22.8 Å². The maximum absolute atomic E-state index is 12.2. The van der Waals surface area contributed by atoms with E-state index in [1.807, 2.05) is 0 Å². The van der Waals surface area contributed by atoms with Crippen molar-refractivity contribution in [1.29, 1.82) is 0 Å². The molecule has 0 unspecified atom stereocenters. The van der Waals surface area contributed by atoms with E-state index < -0.39 is 18.0 Å². The van der Waals surface area contributed by atoms with Crippen LogP contribution in [0.2, 0.25) is 0 Å². The zero-order valence-electron chi connectivity index (χ0n) is 12.2. The van der Waals surface area contributed by atoms with Gasteiger partial charge in [-0.05, 0) is 25.1 Å². The molecule has 0 aliphatic rings. The monoisotopic (exact) mass is 337 g/mol. The quantitative estimate of drug-likeness (QED) is 0.794. The number of ether oxygens (including phenoxy) is 1. The molecule has 1 amide bonds. The normalized spacial score (nSPS) is 11.5. The largest absolute Gasteiger partial charge is 0.573 e. The third kappa shape index (κ3) is 3.42. The molecule has 2 aromatic heterocycles. The first kappa shape index (κ1) is 15.7. The summed E-state index contributed by atoms with van der Waals surface area (Å²) < 4.78 is 41.8. The van der Waals surface area contributed by atoms with Crippen LogP contribution in [-0.2, 0) is 0 Å². The van der Waals surface area contributed by atoms with Crippen LogP contribution in [0.25, 0.3) is 5.78 Å². The van der Waals surface area contributed by atoms with E-state index >= 15 is 0 Å². The number of fused-ring (bicyclic) bond motifs is 1. The third-order valence-electron chi connectivity index (χ3n) is 2.96. The summed E-state index contributed by atoms with van der Waals surface area (Å²) in [5.41, 5.74) is 0.845. The van der Waals surface area contributed by atoms with Gasteiger partial charge in [0, 0.05) is 23.6 Å². The molecule has 24 heavy (non-hydrogen) atoms. The highest BCUT2D eigenvalue weighted by Crippen LogP contribution is 2.25. The van der Waals surface area contributed by atoms with Gasteiger partial charge in [-0.2, -0.15) is 4.98 Å². The fourth-order valence-corrected chi connectivity index (χ4v) is 1.96. The predicted octanol–water partition coefficient (Wildman–Crippen LogP) is 2.58. The number of carbonyl (C=O) groups excluding carboxylic acids is 1. The Morgan fingerprint density at radius 2 is 2.08 bits per heavy atom. The van der Waals surface area contributed by atoms with Gasteiger partial charge in [-0.3, -0.25) is 4.79 Å². The number of nitrogens with one attached hydrogen (secondary N) is 1. The van der Waals surface area contributed by atoms with E-state index in [1.54, 1.807) is 13.0 Å². The SMILES string of the molecule is Cc1ccnc2nc(C(=O)Nc3cccc(OC(F)(F)F)c3)nn12. The summed E-state index contributed by atoms with van der Waals surface area (Å²) in [5.74, 6) is -1.03. The van der Waals surface area contributed by atoms with E-state index in [-0.39, 0.29) is 17.3 Å². The average Bonchev–Trinajstić information content (AvgIpc) is 2.91. The number of alkyl halides is 3. The zero-order valence-corrected chi connectivity index (χ0v) is 12.2. The Kier molecular flexibility index (Phi) is 3.80. The molecule has 3 rings (SSSR count). The first-order valence-electron chi connectivity index (χ1n) is 6.67. The lowest BCUT2D eigenvalue weighted by Gasteiger charge is -2.10. The highest BCUT2D eigenvalue weighted by Gasteiger charge is 2.31. The number of hydrogen-bond acceptors (Lipinski definition) is 5. The molecule has 0 aliphatic carbocycles. The van der Waals surface area contributed by atoms with Crippen LogP contribution in [0.1, 0.15) is 16.3 Å². The van der Waals surface area contributed by atoms with E-state index in [2.05, 4.69) is 25.1 Å². The number of anilines is 1. The van der Waals surface area contributed by atoms with Gasteiger partial charge in [0.2, 0.25) is 5.82 Å². The lowest BCUT2D eigenvalue weighted by molar-refractivity contribution is -0.274. The van der Waals surface area contributed by atoms with Crippen LogP contribution in [0.4, 0.5) is 18.9 Å².